The van der Waals surface area contributed by atoms with Crippen LogP contribution in [0.4, 0.5) is 0 Å². The molecule has 0 heterocycles. The van der Waals surface area contributed by atoms with Gasteiger partial charge in [0.1, 0.15) is 12.2 Å². The molecular formula is C70H110O4. The molecule has 0 aliphatic heterocycles. The topological polar surface area (TPSA) is 52.6 Å². The van der Waals surface area contributed by atoms with Crippen molar-refractivity contribution in [2.24, 2.45) is 16.7 Å². The van der Waals surface area contributed by atoms with Crippen LogP contribution in [0.25, 0.3) is 0 Å². The highest BCUT2D eigenvalue weighted by Crippen LogP contribution is 2.44. The van der Waals surface area contributed by atoms with Crippen molar-refractivity contribution in [1.29, 1.82) is 0 Å². The monoisotopic (exact) mass is 1010 g/mol. The Morgan fingerprint density at radius 3 is 1.47 bits per heavy atom. The maximum absolute atomic E-state index is 12.8. The van der Waals surface area contributed by atoms with E-state index in [1.54, 1.807) is 0 Å². The quantitative estimate of drug-likeness (QED) is 0.0269. The van der Waals surface area contributed by atoms with Crippen LogP contribution in [0.5, 0.6) is 0 Å². The van der Waals surface area contributed by atoms with Gasteiger partial charge in [0.2, 0.25) is 0 Å². The van der Waals surface area contributed by atoms with E-state index in [1.807, 2.05) is 0 Å². The van der Waals surface area contributed by atoms with Crippen molar-refractivity contribution in [3.63, 3.8) is 0 Å². The number of unbranched alkanes of at least 4 members (excludes halogenated alkanes) is 19. The zero-order valence-corrected chi connectivity index (χ0v) is 49.8. The van der Waals surface area contributed by atoms with Crippen LogP contribution in [0.15, 0.2) is 142 Å². The molecule has 0 aromatic heterocycles. The van der Waals surface area contributed by atoms with E-state index in [2.05, 4.69) is 186 Å². The van der Waals surface area contributed by atoms with Crippen LogP contribution in [-0.2, 0) is 19.1 Å². The molecule has 0 N–H and O–H groups in total. The van der Waals surface area contributed by atoms with Gasteiger partial charge in [-0.1, -0.05) is 275 Å². The van der Waals surface area contributed by atoms with Crippen molar-refractivity contribution in [1.82, 2.24) is 0 Å². The molecule has 0 aromatic rings. The number of hydrogen-bond donors (Lipinski definition) is 0. The minimum atomic E-state index is -0.150. The third kappa shape index (κ3) is 31.0. The number of ether oxygens (including phenoxy) is 2. The third-order valence-electron chi connectivity index (χ3n) is 15.0. The zero-order valence-electron chi connectivity index (χ0n) is 49.8. The second-order valence-electron chi connectivity index (χ2n) is 23.6. The molecule has 414 valence electrons. The van der Waals surface area contributed by atoms with Crippen molar-refractivity contribution in [3.05, 3.63) is 142 Å². The first-order chi connectivity index (χ1) is 35.5. The van der Waals surface area contributed by atoms with Gasteiger partial charge in [-0.05, 0) is 115 Å². The van der Waals surface area contributed by atoms with Gasteiger partial charge in [-0.25, -0.2) is 0 Å². The second kappa shape index (κ2) is 39.2. The van der Waals surface area contributed by atoms with Crippen LogP contribution in [0.2, 0.25) is 0 Å². The van der Waals surface area contributed by atoms with E-state index in [9.17, 15) is 9.59 Å². The molecule has 4 nitrogen and oxygen atoms in total. The highest BCUT2D eigenvalue weighted by molar-refractivity contribution is 5.70. The van der Waals surface area contributed by atoms with Crippen molar-refractivity contribution in [2.45, 2.75) is 269 Å². The second-order valence-corrected chi connectivity index (χ2v) is 23.6. The van der Waals surface area contributed by atoms with Gasteiger partial charge in [-0.2, -0.15) is 0 Å². The Labute approximate surface area is 456 Å². The van der Waals surface area contributed by atoms with E-state index in [0.29, 0.717) is 18.8 Å². The van der Waals surface area contributed by atoms with Crippen molar-refractivity contribution in [2.75, 3.05) is 0 Å². The average molecular weight is 1020 g/mol. The molecule has 3 atom stereocenters. The van der Waals surface area contributed by atoms with Crippen molar-refractivity contribution >= 4 is 11.9 Å². The molecule has 0 unspecified atom stereocenters. The van der Waals surface area contributed by atoms with Crippen LogP contribution >= 0.6 is 0 Å². The third-order valence-corrected chi connectivity index (χ3v) is 15.0. The molecule has 0 spiro atoms. The van der Waals surface area contributed by atoms with E-state index in [-0.39, 0.29) is 35.0 Å². The summed E-state index contributed by atoms with van der Waals surface area (Å²) in [6, 6.07) is 0. The molecular weight excluding hydrogens is 905 g/mol. The van der Waals surface area contributed by atoms with Crippen molar-refractivity contribution in [3.8, 4) is 0 Å². The van der Waals surface area contributed by atoms with Gasteiger partial charge >= 0.3 is 11.9 Å². The molecule has 0 radical (unpaired) electrons. The fourth-order valence-electron chi connectivity index (χ4n) is 10.6. The van der Waals surface area contributed by atoms with Crippen molar-refractivity contribution < 1.29 is 19.1 Å². The maximum atomic E-state index is 12.8. The van der Waals surface area contributed by atoms with Gasteiger partial charge in [0.15, 0.2) is 0 Å². The SMILES string of the molecule is CCCCCC/C=C\CCCCCCCC(=O)O[C@H]1C=C(C)[C@H](/C=C/C(C)=C/C=C/C(C)=C/C=C/C=C(C)/C=C/C=C(C)/C=C/C2=C(C)C[C@@H](OC(=O)CCCCCCCCCCCCC)CC2(C)C)C(C)(C)C1. The Hall–Kier alpha value is -4.18. The van der Waals surface area contributed by atoms with Gasteiger partial charge < -0.3 is 9.47 Å². The predicted molar refractivity (Wildman–Crippen MR) is 323 cm³/mol. The van der Waals surface area contributed by atoms with Crippen LogP contribution in [0.1, 0.15) is 256 Å². The highest BCUT2D eigenvalue weighted by Gasteiger charge is 2.37. The fourth-order valence-corrected chi connectivity index (χ4v) is 10.6. The molecule has 0 fully saturated rings. The van der Waals surface area contributed by atoms with E-state index in [0.717, 1.165) is 44.9 Å². The summed E-state index contributed by atoms with van der Waals surface area (Å²) < 4.78 is 12.0. The van der Waals surface area contributed by atoms with Crippen LogP contribution < -0.4 is 0 Å². The Balaban J connectivity index is 1.75. The lowest BCUT2D eigenvalue weighted by Crippen LogP contribution is -2.34. The minimum Gasteiger partial charge on any atom is -0.462 e. The molecule has 4 heteroatoms. The summed E-state index contributed by atoms with van der Waals surface area (Å²) in [5, 5.41) is 0. The van der Waals surface area contributed by atoms with Gasteiger partial charge in [-0.15, -0.1) is 0 Å². The van der Waals surface area contributed by atoms with Gasteiger partial charge in [0, 0.05) is 25.2 Å². The summed E-state index contributed by atoms with van der Waals surface area (Å²) in [4.78, 5) is 25.5. The summed E-state index contributed by atoms with van der Waals surface area (Å²) >= 11 is 0. The fraction of sp³-hybridized carbons (Fsp3) is 0.629. The van der Waals surface area contributed by atoms with E-state index >= 15 is 0 Å². The molecule has 74 heavy (non-hydrogen) atoms. The first-order valence-electron chi connectivity index (χ1n) is 30.0. The lowest BCUT2D eigenvalue weighted by molar-refractivity contribution is -0.151. The Bertz CT molecular complexity index is 1990. The minimum absolute atomic E-state index is 0.0104. The highest BCUT2D eigenvalue weighted by atomic mass is 16.5. The largest absolute Gasteiger partial charge is 0.462 e. The summed E-state index contributed by atoms with van der Waals surface area (Å²) in [6.07, 6.45) is 68.1. The first kappa shape index (κ1) is 65.9. The number of allylic oxidation sites excluding steroid dienone is 22. The molecule has 2 rings (SSSR count). The van der Waals surface area contributed by atoms with E-state index < -0.39 is 0 Å². The summed E-state index contributed by atoms with van der Waals surface area (Å²) in [7, 11) is 0. The Kier molecular flexibility index (Phi) is 35.0. The van der Waals surface area contributed by atoms with Crippen LogP contribution in [0, 0.1) is 16.7 Å². The first-order valence-corrected chi connectivity index (χ1v) is 30.0. The molecule has 0 aromatic carbocycles. The normalized spacial score (nSPS) is 20.2. The smallest absolute Gasteiger partial charge is 0.306 e. The molecule has 0 saturated heterocycles. The molecule has 0 bridgehead atoms. The Morgan fingerprint density at radius 2 is 0.973 bits per heavy atom. The predicted octanol–water partition coefficient (Wildman–Crippen LogP) is 21.5. The Morgan fingerprint density at radius 1 is 0.541 bits per heavy atom. The van der Waals surface area contributed by atoms with E-state index in [4.69, 9.17) is 9.47 Å². The lowest BCUT2D eigenvalue weighted by atomic mass is 9.67. The van der Waals surface area contributed by atoms with Crippen LogP contribution in [0.3, 0.4) is 0 Å². The summed E-state index contributed by atoms with van der Waals surface area (Å²) in [6.45, 7) is 26.6. The number of rotatable bonds is 37. The van der Waals surface area contributed by atoms with Gasteiger partial charge in [-0.3, -0.25) is 9.59 Å². The zero-order chi connectivity index (χ0) is 54.5. The molecule has 0 saturated carbocycles. The number of esters is 2. The lowest BCUT2D eigenvalue weighted by Gasteiger charge is -2.40. The maximum Gasteiger partial charge on any atom is 0.306 e. The average Bonchev–Trinajstić information content (AvgIpc) is 3.32. The number of hydrogen-bond acceptors (Lipinski definition) is 4. The summed E-state index contributed by atoms with van der Waals surface area (Å²) in [5.41, 5.74) is 8.62. The molecule has 2 aliphatic rings. The number of carbonyl (C=O) groups is 2. The molecule has 2 aliphatic carbocycles. The summed E-state index contributed by atoms with van der Waals surface area (Å²) in [5.74, 6) is 0.206. The van der Waals surface area contributed by atoms with Crippen LogP contribution in [-0.4, -0.2) is 24.1 Å². The van der Waals surface area contributed by atoms with E-state index in [1.165, 1.54) is 155 Å². The molecule has 0 amide bonds. The number of carbonyl (C=O) groups excluding carboxylic acids is 2. The van der Waals surface area contributed by atoms with Gasteiger partial charge in [0.25, 0.3) is 0 Å². The van der Waals surface area contributed by atoms with Gasteiger partial charge in [0.05, 0.1) is 0 Å². The standard InChI is InChI=1S/C70H110O4/c1-13-15-17-19-21-23-25-26-28-30-32-34-36-48-68(72)74-64-54-62(8)66(70(11,12)56-64)52-50-60(6)46-40-44-58(4)42-38-37-41-57(3)43-39-45-59(5)49-51-65-61(7)53-63(55-69(65,9)10)73-67(71)47-35-33-31-29-27-24-22-20-18-16-14-2/h23,25,37-46,49-52,54,63-64,66H,13-22,24,26-36,47-48,53,55-56H2,1-12H3/b25-23-,38-37+,43-39+,44-40+,51-49+,52-50+,57-41+,58-42+,59-45+,60-46+/t63-,64+,66+/m1/s1.